The molecule has 0 radical (unpaired) electrons. The van der Waals surface area contributed by atoms with E-state index in [2.05, 4.69) is 0 Å². The molecule has 3 aromatic carbocycles. The molecule has 0 saturated carbocycles. The van der Waals surface area contributed by atoms with Crippen LogP contribution in [0.3, 0.4) is 0 Å². The van der Waals surface area contributed by atoms with Gasteiger partial charge in [0.25, 0.3) is 11.8 Å². The van der Waals surface area contributed by atoms with Gasteiger partial charge in [0, 0.05) is 31.4 Å². The van der Waals surface area contributed by atoms with Crippen LogP contribution in [0.1, 0.15) is 26.3 Å². The van der Waals surface area contributed by atoms with Crippen LogP contribution < -0.4 is 4.90 Å². The van der Waals surface area contributed by atoms with Crippen molar-refractivity contribution in [1.82, 2.24) is 4.90 Å². The maximum atomic E-state index is 13.3. The van der Waals surface area contributed by atoms with Gasteiger partial charge in [-0.25, -0.2) is 0 Å². The van der Waals surface area contributed by atoms with E-state index in [1.54, 1.807) is 38.4 Å². The molecule has 0 spiro atoms. The standard InChI is InChI=1S/C23H21ClN2O4/c1-25(2)22(29)16-8-10-17(11-9-16)26(14-15-6-4-3-5-7-15)23(30)18-12-19(24)21(28)13-20(18)27/h3-13,27-28H,14H2,1-2H3. The van der Waals surface area contributed by atoms with Gasteiger partial charge in [-0.1, -0.05) is 41.9 Å². The second-order valence-electron chi connectivity index (χ2n) is 6.94. The molecule has 6 nitrogen and oxygen atoms in total. The van der Waals surface area contributed by atoms with Crippen molar-refractivity contribution in [1.29, 1.82) is 0 Å². The van der Waals surface area contributed by atoms with Gasteiger partial charge in [-0.2, -0.15) is 0 Å². The fourth-order valence-electron chi connectivity index (χ4n) is 2.96. The van der Waals surface area contributed by atoms with Crippen molar-refractivity contribution in [2.45, 2.75) is 6.54 Å². The number of hydrogen-bond donors (Lipinski definition) is 2. The number of nitrogens with zero attached hydrogens (tertiary/aromatic N) is 2. The average Bonchev–Trinajstić information content (AvgIpc) is 2.74. The Bertz CT molecular complexity index is 1070. The summed E-state index contributed by atoms with van der Waals surface area (Å²) in [6, 6.07) is 18.3. The molecule has 30 heavy (non-hydrogen) atoms. The molecule has 3 rings (SSSR count). The molecule has 7 heteroatoms. The fourth-order valence-corrected chi connectivity index (χ4v) is 3.12. The normalized spacial score (nSPS) is 10.5. The Hall–Kier alpha value is -3.51. The van der Waals surface area contributed by atoms with Crippen LogP contribution in [0.15, 0.2) is 66.7 Å². The molecule has 0 fully saturated rings. The largest absolute Gasteiger partial charge is 0.507 e. The molecular formula is C23H21ClN2O4. The highest BCUT2D eigenvalue weighted by atomic mass is 35.5. The first-order chi connectivity index (χ1) is 14.3. The van der Waals surface area contributed by atoms with E-state index in [-0.39, 0.29) is 34.5 Å². The molecule has 0 bridgehead atoms. The van der Waals surface area contributed by atoms with Gasteiger partial charge in [-0.15, -0.1) is 0 Å². The lowest BCUT2D eigenvalue weighted by molar-refractivity contribution is 0.0827. The smallest absolute Gasteiger partial charge is 0.262 e. The number of benzene rings is 3. The Balaban J connectivity index is 2.02. The van der Waals surface area contributed by atoms with Gasteiger partial charge < -0.3 is 20.0 Å². The molecule has 0 heterocycles. The third kappa shape index (κ3) is 4.55. The number of aromatic hydroxyl groups is 2. The summed E-state index contributed by atoms with van der Waals surface area (Å²) >= 11 is 5.95. The first-order valence-corrected chi connectivity index (χ1v) is 9.54. The molecular weight excluding hydrogens is 404 g/mol. The predicted molar refractivity (Wildman–Crippen MR) is 116 cm³/mol. The Morgan fingerprint density at radius 3 is 2.10 bits per heavy atom. The lowest BCUT2D eigenvalue weighted by atomic mass is 10.1. The number of amides is 2. The van der Waals surface area contributed by atoms with E-state index in [9.17, 15) is 19.8 Å². The number of hydrogen-bond acceptors (Lipinski definition) is 4. The number of halogens is 1. The van der Waals surface area contributed by atoms with Gasteiger partial charge in [0.05, 0.1) is 17.1 Å². The quantitative estimate of drug-likeness (QED) is 0.639. The van der Waals surface area contributed by atoms with E-state index in [4.69, 9.17) is 11.6 Å². The Labute approximate surface area is 179 Å². The van der Waals surface area contributed by atoms with Gasteiger partial charge in [0.2, 0.25) is 0 Å². The summed E-state index contributed by atoms with van der Waals surface area (Å²) in [4.78, 5) is 28.4. The van der Waals surface area contributed by atoms with E-state index >= 15 is 0 Å². The predicted octanol–water partition coefficient (Wildman–Crippen LogP) is 4.30. The summed E-state index contributed by atoms with van der Waals surface area (Å²) in [5.41, 5.74) is 1.87. The van der Waals surface area contributed by atoms with Crippen LogP contribution in [-0.2, 0) is 6.54 Å². The van der Waals surface area contributed by atoms with Crippen LogP contribution >= 0.6 is 11.6 Å². The zero-order valence-electron chi connectivity index (χ0n) is 16.5. The topological polar surface area (TPSA) is 81.1 Å². The molecule has 0 aromatic heterocycles. The maximum Gasteiger partial charge on any atom is 0.262 e. The first kappa shape index (κ1) is 21.2. The van der Waals surface area contributed by atoms with Crippen molar-refractivity contribution in [3.05, 3.63) is 88.4 Å². The van der Waals surface area contributed by atoms with Crippen LogP contribution in [0.5, 0.6) is 11.5 Å². The molecule has 154 valence electrons. The third-order valence-corrected chi connectivity index (χ3v) is 4.86. The summed E-state index contributed by atoms with van der Waals surface area (Å²) in [5, 5.41) is 19.8. The Morgan fingerprint density at radius 2 is 1.50 bits per heavy atom. The number of carbonyl (C=O) groups excluding carboxylic acids is 2. The highest BCUT2D eigenvalue weighted by Gasteiger charge is 2.23. The summed E-state index contributed by atoms with van der Waals surface area (Å²) in [6.07, 6.45) is 0. The molecule has 0 aliphatic heterocycles. The highest BCUT2D eigenvalue weighted by molar-refractivity contribution is 6.32. The molecule has 3 aromatic rings. The number of anilines is 1. The average molecular weight is 425 g/mol. The van der Waals surface area contributed by atoms with Crippen molar-refractivity contribution in [3.8, 4) is 11.5 Å². The molecule has 2 amide bonds. The summed E-state index contributed by atoms with van der Waals surface area (Å²) < 4.78 is 0. The molecule has 0 aliphatic rings. The summed E-state index contributed by atoms with van der Waals surface area (Å²) in [7, 11) is 3.33. The van der Waals surface area contributed by atoms with Gasteiger partial charge in [0.15, 0.2) is 0 Å². The fraction of sp³-hybridized carbons (Fsp3) is 0.130. The van der Waals surface area contributed by atoms with E-state index in [1.807, 2.05) is 30.3 Å². The number of rotatable bonds is 5. The SMILES string of the molecule is CN(C)C(=O)c1ccc(N(Cc2ccccc2)C(=O)c2cc(Cl)c(O)cc2O)cc1. The Morgan fingerprint density at radius 1 is 0.867 bits per heavy atom. The van der Waals surface area contributed by atoms with E-state index in [1.165, 1.54) is 15.9 Å². The number of carbonyl (C=O) groups is 2. The van der Waals surface area contributed by atoms with E-state index < -0.39 is 5.91 Å². The van der Waals surface area contributed by atoms with Crippen LogP contribution in [0.4, 0.5) is 5.69 Å². The van der Waals surface area contributed by atoms with Crippen LogP contribution in [0.2, 0.25) is 5.02 Å². The zero-order valence-corrected chi connectivity index (χ0v) is 17.3. The molecule has 0 atom stereocenters. The number of phenolic OH excluding ortho intramolecular Hbond substituents is 2. The number of phenols is 2. The second kappa shape index (κ2) is 8.88. The maximum absolute atomic E-state index is 13.3. The molecule has 0 unspecified atom stereocenters. The van der Waals surface area contributed by atoms with Gasteiger partial charge in [-0.3, -0.25) is 9.59 Å². The van der Waals surface area contributed by atoms with Crippen LogP contribution in [0, 0.1) is 0 Å². The minimum absolute atomic E-state index is 0.0391. The van der Waals surface area contributed by atoms with Crippen molar-refractivity contribution >= 4 is 29.1 Å². The van der Waals surface area contributed by atoms with E-state index in [0.29, 0.717) is 11.3 Å². The molecule has 2 N–H and O–H groups in total. The van der Waals surface area contributed by atoms with Gasteiger partial charge >= 0.3 is 0 Å². The zero-order chi connectivity index (χ0) is 21.8. The third-order valence-electron chi connectivity index (χ3n) is 4.56. The highest BCUT2D eigenvalue weighted by Crippen LogP contribution is 2.33. The van der Waals surface area contributed by atoms with Crippen molar-refractivity contribution < 1.29 is 19.8 Å². The monoisotopic (exact) mass is 424 g/mol. The van der Waals surface area contributed by atoms with Gasteiger partial charge in [0.1, 0.15) is 11.5 Å². The minimum Gasteiger partial charge on any atom is -0.507 e. The molecule has 0 aliphatic carbocycles. The van der Waals surface area contributed by atoms with Crippen LogP contribution in [-0.4, -0.2) is 41.0 Å². The van der Waals surface area contributed by atoms with Gasteiger partial charge in [-0.05, 0) is 35.9 Å². The summed E-state index contributed by atoms with van der Waals surface area (Å²) in [6.45, 7) is 0.235. The second-order valence-corrected chi connectivity index (χ2v) is 7.35. The van der Waals surface area contributed by atoms with E-state index in [0.717, 1.165) is 11.6 Å². The molecule has 0 saturated heterocycles. The Kier molecular flexibility index (Phi) is 6.28. The summed E-state index contributed by atoms with van der Waals surface area (Å²) in [5.74, 6) is -1.33. The first-order valence-electron chi connectivity index (χ1n) is 9.17. The van der Waals surface area contributed by atoms with Crippen molar-refractivity contribution in [2.75, 3.05) is 19.0 Å². The minimum atomic E-state index is -0.495. The lowest BCUT2D eigenvalue weighted by Gasteiger charge is -2.24. The van der Waals surface area contributed by atoms with Crippen LogP contribution in [0.25, 0.3) is 0 Å². The lowest BCUT2D eigenvalue weighted by Crippen LogP contribution is -2.30. The van der Waals surface area contributed by atoms with Crippen molar-refractivity contribution in [3.63, 3.8) is 0 Å². The van der Waals surface area contributed by atoms with Crippen molar-refractivity contribution in [2.24, 2.45) is 0 Å².